The zero-order valence-corrected chi connectivity index (χ0v) is 9.36. The third kappa shape index (κ3) is 1.23. The number of nitrogens with one attached hydrogen (secondary N) is 1. The molecule has 80 valence electrons. The summed E-state index contributed by atoms with van der Waals surface area (Å²) < 4.78 is 2.02. The van der Waals surface area contributed by atoms with Crippen LogP contribution in [0.4, 0.5) is 0 Å². The van der Waals surface area contributed by atoms with E-state index >= 15 is 0 Å². The van der Waals surface area contributed by atoms with E-state index in [1.165, 1.54) is 0 Å². The van der Waals surface area contributed by atoms with E-state index in [1.807, 2.05) is 29.7 Å². The molecule has 1 N–H and O–H groups in total. The first-order chi connectivity index (χ1) is 7.77. The summed E-state index contributed by atoms with van der Waals surface area (Å²) in [5.74, 6) is 0.911. The predicted molar refractivity (Wildman–Crippen MR) is 62.5 cm³/mol. The molecule has 0 unspecified atom stereocenters. The van der Waals surface area contributed by atoms with Gasteiger partial charge in [0.1, 0.15) is 5.82 Å². The number of H-pyrrole nitrogens is 1. The molecule has 3 heterocycles. The van der Waals surface area contributed by atoms with Crippen molar-refractivity contribution < 1.29 is 0 Å². The van der Waals surface area contributed by atoms with Crippen LogP contribution in [0, 0.1) is 6.92 Å². The SMILES string of the molecule is Cc1ncc2c(Cl)ccc(-c3cn[nH]c3)n12. The Labute approximate surface area is 96.9 Å². The van der Waals surface area contributed by atoms with Gasteiger partial charge in [-0.05, 0) is 19.1 Å². The summed E-state index contributed by atoms with van der Waals surface area (Å²) >= 11 is 6.12. The summed E-state index contributed by atoms with van der Waals surface area (Å²) in [5.41, 5.74) is 2.96. The lowest BCUT2D eigenvalue weighted by atomic mass is 10.2. The van der Waals surface area contributed by atoms with E-state index in [0.717, 1.165) is 22.6 Å². The standard InChI is InChI=1S/C11H9ClN4/c1-7-13-6-11-9(12)2-3-10(16(7)11)8-4-14-15-5-8/h2-6H,1H3,(H,14,15). The van der Waals surface area contributed by atoms with E-state index in [-0.39, 0.29) is 0 Å². The average Bonchev–Trinajstić information content (AvgIpc) is 2.90. The zero-order chi connectivity index (χ0) is 11.1. The fourth-order valence-corrected chi connectivity index (χ4v) is 2.04. The molecule has 0 fully saturated rings. The van der Waals surface area contributed by atoms with Crippen LogP contribution < -0.4 is 0 Å². The second kappa shape index (κ2) is 3.35. The average molecular weight is 233 g/mol. The first-order valence-corrected chi connectivity index (χ1v) is 5.27. The van der Waals surface area contributed by atoms with Crippen LogP contribution in [-0.4, -0.2) is 19.6 Å². The molecule has 0 saturated carbocycles. The highest BCUT2D eigenvalue weighted by Gasteiger charge is 2.09. The lowest BCUT2D eigenvalue weighted by molar-refractivity contribution is 1.05. The third-order valence-electron chi connectivity index (χ3n) is 2.61. The number of imidazole rings is 1. The van der Waals surface area contributed by atoms with Crippen molar-refractivity contribution in [3.63, 3.8) is 0 Å². The van der Waals surface area contributed by atoms with Gasteiger partial charge in [0.05, 0.1) is 28.6 Å². The molecular weight excluding hydrogens is 224 g/mol. The molecule has 3 rings (SSSR count). The number of aromatic nitrogens is 4. The maximum Gasteiger partial charge on any atom is 0.110 e. The highest BCUT2D eigenvalue weighted by Crippen LogP contribution is 2.26. The number of aromatic amines is 1. The minimum Gasteiger partial charge on any atom is -0.295 e. The smallest absolute Gasteiger partial charge is 0.110 e. The van der Waals surface area contributed by atoms with Gasteiger partial charge >= 0.3 is 0 Å². The number of hydrogen-bond donors (Lipinski definition) is 1. The van der Waals surface area contributed by atoms with Gasteiger partial charge in [-0.25, -0.2) is 4.98 Å². The summed E-state index contributed by atoms with van der Waals surface area (Å²) in [7, 11) is 0. The largest absolute Gasteiger partial charge is 0.295 e. The molecule has 16 heavy (non-hydrogen) atoms. The molecule has 5 heteroatoms. The molecule has 0 saturated heterocycles. The molecule has 0 aliphatic heterocycles. The molecule has 0 aliphatic carbocycles. The van der Waals surface area contributed by atoms with Gasteiger partial charge < -0.3 is 0 Å². The topological polar surface area (TPSA) is 46.0 Å². The molecule has 0 amide bonds. The molecule has 4 nitrogen and oxygen atoms in total. The van der Waals surface area contributed by atoms with E-state index in [9.17, 15) is 0 Å². The summed E-state index contributed by atoms with van der Waals surface area (Å²) in [4.78, 5) is 4.28. The Morgan fingerprint density at radius 3 is 2.94 bits per heavy atom. The number of nitrogens with zero attached hydrogens (tertiary/aromatic N) is 3. The van der Waals surface area contributed by atoms with Crippen molar-refractivity contribution in [2.75, 3.05) is 0 Å². The number of rotatable bonds is 1. The molecule has 3 aromatic heterocycles. The predicted octanol–water partition coefficient (Wildman–Crippen LogP) is 2.69. The van der Waals surface area contributed by atoms with Crippen LogP contribution in [0.3, 0.4) is 0 Å². The molecule has 0 radical (unpaired) electrons. The van der Waals surface area contributed by atoms with Crippen molar-refractivity contribution in [2.24, 2.45) is 0 Å². The van der Waals surface area contributed by atoms with Gasteiger partial charge in [0, 0.05) is 11.8 Å². The Hall–Kier alpha value is -1.81. The van der Waals surface area contributed by atoms with Crippen LogP contribution in [-0.2, 0) is 0 Å². The summed E-state index contributed by atoms with van der Waals surface area (Å²) in [6, 6.07) is 3.84. The Morgan fingerprint density at radius 1 is 1.31 bits per heavy atom. The zero-order valence-electron chi connectivity index (χ0n) is 8.61. The Kier molecular flexibility index (Phi) is 1.97. The van der Waals surface area contributed by atoms with Crippen molar-refractivity contribution >= 4 is 17.1 Å². The van der Waals surface area contributed by atoms with Gasteiger partial charge in [0.2, 0.25) is 0 Å². The quantitative estimate of drug-likeness (QED) is 0.701. The highest BCUT2D eigenvalue weighted by atomic mass is 35.5. The van der Waals surface area contributed by atoms with Crippen molar-refractivity contribution in [1.82, 2.24) is 19.6 Å². The first-order valence-electron chi connectivity index (χ1n) is 4.89. The van der Waals surface area contributed by atoms with Gasteiger partial charge in [0.25, 0.3) is 0 Å². The minimum atomic E-state index is 0.702. The molecule has 3 aromatic rings. The van der Waals surface area contributed by atoms with Gasteiger partial charge in [-0.2, -0.15) is 5.10 Å². The van der Waals surface area contributed by atoms with E-state index < -0.39 is 0 Å². The van der Waals surface area contributed by atoms with Crippen LogP contribution in [0.15, 0.2) is 30.7 Å². The Morgan fingerprint density at radius 2 is 2.19 bits per heavy atom. The van der Waals surface area contributed by atoms with E-state index in [1.54, 1.807) is 12.4 Å². The second-order valence-corrected chi connectivity index (χ2v) is 3.99. The minimum absolute atomic E-state index is 0.702. The lowest BCUT2D eigenvalue weighted by Crippen LogP contribution is -1.93. The van der Waals surface area contributed by atoms with Crippen molar-refractivity contribution in [3.8, 4) is 11.3 Å². The fraction of sp³-hybridized carbons (Fsp3) is 0.0909. The normalized spacial score (nSPS) is 11.1. The Balaban J connectivity index is 2.42. The van der Waals surface area contributed by atoms with Gasteiger partial charge in [0.15, 0.2) is 0 Å². The number of fused-ring (bicyclic) bond motifs is 1. The van der Waals surface area contributed by atoms with Gasteiger partial charge in [-0.1, -0.05) is 11.6 Å². The van der Waals surface area contributed by atoms with E-state index in [0.29, 0.717) is 5.02 Å². The highest BCUT2D eigenvalue weighted by molar-refractivity contribution is 6.33. The van der Waals surface area contributed by atoms with Crippen LogP contribution in [0.5, 0.6) is 0 Å². The van der Waals surface area contributed by atoms with Gasteiger partial charge in [-0.15, -0.1) is 0 Å². The van der Waals surface area contributed by atoms with Gasteiger partial charge in [-0.3, -0.25) is 9.50 Å². The van der Waals surface area contributed by atoms with E-state index in [4.69, 9.17) is 11.6 Å². The number of hydrogen-bond acceptors (Lipinski definition) is 2. The summed E-state index contributed by atoms with van der Waals surface area (Å²) in [5, 5.41) is 7.45. The second-order valence-electron chi connectivity index (χ2n) is 3.58. The maximum absolute atomic E-state index is 6.12. The summed E-state index contributed by atoms with van der Waals surface area (Å²) in [6.45, 7) is 1.95. The maximum atomic E-state index is 6.12. The molecule has 0 aliphatic rings. The van der Waals surface area contributed by atoms with Crippen LogP contribution >= 0.6 is 11.6 Å². The molecule has 0 bridgehead atoms. The number of aryl methyl sites for hydroxylation is 1. The molecule has 0 atom stereocenters. The lowest BCUT2D eigenvalue weighted by Gasteiger charge is -2.06. The number of halogens is 1. The molecule has 0 aromatic carbocycles. The van der Waals surface area contributed by atoms with Crippen LogP contribution in [0.1, 0.15) is 5.82 Å². The number of pyridine rings is 1. The van der Waals surface area contributed by atoms with Crippen molar-refractivity contribution in [2.45, 2.75) is 6.92 Å². The van der Waals surface area contributed by atoms with Crippen molar-refractivity contribution in [3.05, 3.63) is 41.6 Å². The molecular formula is C11H9ClN4. The van der Waals surface area contributed by atoms with Crippen LogP contribution in [0.2, 0.25) is 5.02 Å². The monoisotopic (exact) mass is 232 g/mol. The Bertz CT molecular complexity index is 639. The fourth-order valence-electron chi connectivity index (χ4n) is 1.85. The molecule has 0 spiro atoms. The first kappa shape index (κ1) is 9.42. The van der Waals surface area contributed by atoms with Crippen molar-refractivity contribution in [1.29, 1.82) is 0 Å². The third-order valence-corrected chi connectivity index (χ3v) is 2.92. The van der Waals surface area contributed by atoms with Crippen LogP contribution in [0.25, 0.3) is 16.8 Å². The summed E-state index contributed by atoms with van der Waals surface area (Å²) in [6.07, 6.45) is 5.41. The van der Waals surface area contributed by atoms with E-state index in [2.05, 4.69) is 15.2 Å².